The van der Waals surface area contributed by atoms with Crippen LogP contribution in [0.3, 0.4) is 0 Å². The highest BCUT2D eigenvalue weighted by atomic mass is 19.4. The summed E-state index contributed by atoms with van der Waals surface area (Å²) >= 11 is 0. The Hall–Kier alpha value is -2.39. The summed E-state index contributed by atoms with van der Waals surface area (Å²) in [6, 6.07) is 4.57. The molecule has 2 aromatic rings. The van der Waals surface area contributed by atoms with E-state index >= 15 is 0 Å². The predicted molar refractivity (Wildman–Crippen MR) is 91.4 cm³/mol. The number of oxazole rings is 1. The van der Waals surface area contributed by atoms with Gasteiger partial charge in [-0.3, -0.25) is 4.79 Å². The van der Waals surface area contributed by atoms with E-state index in [9.17, 15) is 23.1 Å². The Morgan fingerprint density at radius 2 is 2.11 bits per heavy atom. The molecule has 2 aliphatic rings. The summed E-state index contributed by atoms with van der Waals surface area (Å²) < 4.78 is 49.9. The molecule has 0 bridgehead atoms. The molecule has 0 aliphatic carbocycles. The number of carbonyl (C=O) groups is 1. The van der Waals surface area contributed by atoms with Gasteiger partial charge in [0.2, 0.25) is 0 Å². The zero-order valence-electron chi connectivity index (χ0n) is 15.1. The van der Waals surface area contributed by atoms with Crippen molar-refractivity contribution in [3.8, 4) is 11.3 Å². The number of hydrogen-bond donors (Lipinski definition) is 1. The van der Waals surface area contributed by atoms with Crippen LogP contribution in [0.4, 0.5) is 13.2 Å². The Bertz CT molecular complexity index is 905. The predicted octanol–water partition coefficient (Wildman–Crippen LogP) is 3.12. The first kappa shape index (κ1) is 18.9. The number of aromatic nitrogens is 1. The van der Waals surface area contributed by atoms with Crippen LogP contribution in [-0.2, 0) is 10.9 Å². The van der Waals surface area contributed by atoms with E-state index in [-0.39, 0.29) is 23.6 Å². The van der Waals surface area contributed by atoms with Gasteiger partial charge in [0.1, 0.15) is 5.60 Å². The van der Waals surface area contributed by atoms with E-state index in [2.05, 4.69) is 4.98 Å². The molecule has 9 heteroatoms. The van der Waals surface area contributed by atoms with Gasteiger partial charge in [0, 0.05) is 12.0 Å². The molecule has 1 N–H and O–H groups in total. The minimum Gasteiger partial charge on any atom is -0.443 e. The lowest BCUT2D eigenvalue weighted by Gasteiger charge is -2.47. The number of halogens is 3. The van der Waals surface area contributed by atoms with E-state index in [1.165, 1.54) is 17.0 Å². The van der Waals surface area contributed by atoms with Gasteiger partial charge >= 0.3 is 6.18 Å². The molecule has 0 saturated carbocycles. The normalized spacial score (nSPS) is 23.8. The average Bonchev–Trinajstić information content (AvgIpc) is 3.25. The molecule has 1 atom stereocenters. The van der Waals surface area contributed by atoms with Gasteiger partial charge in [-0.1, -0.05) is 19.1 Å². The lowest BCUT2D eigenvalue weighted by molar-refractivity contribution is -0.137. The minimum atomic E-state index is -4.50. The molecule has 4 rings (SSSR count). The van der Waals surface area contributed by atoms with Crippen LogP contribution in [0.5, 0.6) is 0 Å². The third-order valence-electron chi connectivity index (χ3n) is 5.42. The van der Waals surface area contributed by atoms with Crippen molar-refractivity contribution in [2.75, 3.05) is 19.7 Å². The van der Waals surface area contributed by atoms with Crippen LogP contribution in [0.15, 0.2) is 35.1 Å². The molecule has 1 unspecified atom stereocenters. The molecule has 1 aromatic heterocycles. The number of amides is 1. The third kappa shape index (κ3) is 3.18. The van der Waals surface area contributed by atoms with E-state index in [1.54, 1.807) is 0 Å². The molecular formula is C19H19F3N2O4. The van der Waals surface area contributed by atoms with E-state index in [0.717, 1.165) is 18.5 Å². The number of aliphatic hydroxyl groups is 1. The first-order chi connectivity index (χ1) is 13.1. The Kier molecular flexibility index (Phi) is 4.27. The maximum atomic E-state index is 13.0. The van der Waals surface area contributed by atoms with E-state index < -0.39 is 28.8 Å². The highest BCUT2D eigenvalue weighted by Gasteiger charge is 2.56. The molecule has 0 radical (unpaired) electrons. The largest absolute Gasteiger partial charge is 0.443 e. The van der Waals surface area contributed by atoms with Crippen LogP contribution >= 0.6 is 0 Å². The molecular weight excluding hydrogens is 377 g/mol. The number of nitrogens with zero attached hydrogens (tertiary/aromatic N) is 2. The fraction of sp³-hybridized carbons (Fsp3) is 0.474. The number of alkyl halides is 3. The second-order valence-electron chi connectivity index (χ2n) is 7.50. The van der Waals surface area contributed by atoms with Crippen LogP contribution in [0.2, 0.25) is 0 Å². The molecule has 6 nitrogen and oxygen atoms in total. The smallest absolute Gasteiger partial charge is 0.416 e. The van der Waals surface area contributed by atoms with Crippen LogP contribution < -0.4 is 0 Å². The van der Waals surface area contributed by atoms with E-state index in [1.807, 2.05) is 6.92 Å². The molecule has 28 heavy (non-hydrogen) atoms. The summed E-state index contributed by atoms with van der Waals surface area (Å²) in [6.45, 7) is 2.69. The first-order valence-corrected chi connectivity index (χ1v) is 8.91. The Labute approximate surface area is 158 Å². The van der Waals surface area contributed by atoms with E-state index in [4.69, 9.17) is 9.15 Å². The molecule has 1 amide bonds. The van der Waals surface area contributed by atoms with Crippen LogP contribution in [0.25, 0.3) is 11.3 Å². The van der Waals surface area contributed by atoms with Gasteiger partial charge in [-0.25, -0.2) is 4.98 Å². The summed E-state index contributed by atoms with van der Waals surface area (Å²) in [7, 11) is 0. The topological polar surface area (TPSA) is 75.8 Å². The van der Waals surface area contributed by atoms with Crippen molar-refractivity contribution in [2.45, 2.75) is 37.1 Å². The summed E-state index contributed by atoms with van der Waals surface area (Å²) in [6.07, 6.45) is -2.45. The van der Waals surface area contributed by atoms with Crippen molar-refractivity contribution >= 4 is 5.91 Å². The van der Waals surface area contributed by atoms with Crippen LogP contribution in [-0.4, -0.2) is 51.8 Å². The number of carbonyl (C=O) groups excluding carboxylic acids is 1. The lowest BCUT2D eigenvalue weighted by atomic mass is 9.83. The van der Waals surface area contributed by atoms with Gasteiger partial charge in [-0.2, -0.15) is 13.2 Å². The summed E-state index contributed by atoms with van der Waals surface area (Å²) in [5.74, 6) is -0.447. The van der Waals surface area contributed by atoms with Crippen molar-refractivity contribution in [3.05, 3.63) is 41.9 Å². The van der Waals surface area contributed by atoms with Gasteiger partial charge in [-0.05, 0) is 18.6 Å². The highest BCUT2D eigenvalue weighted by molar-refractivity contribution is 5.98. The lowest BCUT2D eigenvalue weighted by Crippen LogP contribution is -2.63. The number of ether oxygens (including phenoxy) is 1. The van der Waals surface area contributed by atoms with Gasteiger partial charge in [0.25, 0.3) is 5.91 Å². The summed E-state index contributed by atoms with van der Waals surface area (Å²) in [5.41, 5.74) is -2.20. The molecule has 1 spiro atoms. The number of rotatable bonds is 3. The number of likely N-dealkylation sites (tertiary alicyclic amines) is 1. The molecule has 3 heterocycles. The quantitative estimate of drug-likeness (QED) is 0.863. The second kappa shape index (κ2) is 6.31. The molecule has 2 fully saturated rings. The average molecular weight is 396 g/mol. The zero-order chi connectivity index (χ0) is 20.2. The van der Waals surface area contributed by atoms with E-state index in [0.29, 0.717) is 25.9 Å². The molecule has 1 aromatic carbocycles. The van der Waals surface area contributed by atoms with Crippen molar-refractivity contribution in [1.29, 1.82) is 0 Å². The third-order valence-corrected chi connectivity index (χ3v) is 5.42. The van der Waals surface area contributed by atoms with Crippen molar-refractivity contribution in [3.63, 3.8) is 0 Å². The molecule has 150 valence electrons. The standard InChI is InChI=1S/C19H19F3N2O4/c1-2-17(26)7-18(28-10-17)8-24(9-18)16(25)14-15(27-11-23-14)12-4-3-5-13(6-12)19(20,21)22/h3-6,11,26H,2,7-10H2,1H3. The van der Waals surface area contributed by atoms with Crippen molar-refractivity contribution < 1.29 is 32.2 Å². The number of hydrogen-bond acceptors (Lipinski definition) is 5. The van der Waals surface area contributed by atoms with Crippen LogP contribution in [0.1, 0.15) is 35.8 Å². The first-order valence-electron chi connectivity index (χ1n) is 8.91. The van der Waals surface area contributed by atoms with Gasteiger partial charge in [-0.15, -0.1) is 0 Å². The highest BCUT2D eigenvalue weighted by Crippen LogP contribution is 2.42. The maximum absolute atomic E-state index is 13.0. The second-order valence-corrected chi connectivity index (χ2v) is 7.50. The summed E-state index contributed by atoms with van der Waals surface area (Å²) in [5, 5.41) is 10.3. The van der Waals surface area contributed by atoms with Crippen molar-refractivity contribution in [1.82, 2.24) is 9.88 Å². The van der Waals surface area contributed by atoms with Gasteiger partial charge in [0.15, 0.2) is 17.8 Å². The van der Waals surface area contributed by atoms with Gasteiger partial charge < -0.3 is 19.2 Å². The monoisotopic (exact) mass is 396 g/mol. The zero-order valence-corrected chi connectivity index (χ0v) is 15.1. The Balaban J connectivity index is 1.52. The fourth-order valence-corrected chi connectivity index (χ4v) is 3.80. The Morgan fingerprint density at radius 1 is 1.36 bits per heavy atom. The fourth-order valence-electron chi connectivity index (χ4n) is 3.80. The van der Waals surface area contributed by atoms with Crippen molar-refractivity contribution in [2.24, 2.45) is 0 Å². The molecule has 2 aliphatic heterocycles. The maximum Gasteiger partial charge on any atom is 0.416 e. The summed E-state index contributed by atoms with van der Waals surface area (Å²) in [4.78, 5) is 18.2. The number of benzene rings is 1. The molecule has 2 saturated heterocycles. The SMILES string of the molecule is CCC1(O)COC2(CN(C(=O)c3ncoc3-c3cccc(C(F)(F)F)c3)C2)C1. The van der Waals surface area contributed by atoms with Crippen LogP contribution in [0, 0.1) is 0 Å². The van der Waals surface area contributed by atoms with Gasteiger partial charge in [0.05, 0.1) is 30.9 Å². The minimum absolute atomic E-state index is 0.00514. The Morgan fingerprint density at radius 3 is 2.75 bits per heavy atom.